The number of ether oxygens (including phenoxy) is 1. The van der Waals surface area contributed by atoms with Gasteiger partial charge in [0.1, 0.15) is 0 Å². The minimum absolute atomic E-state index is 0.199. The number of methoxy groups -OCH3 is 1. The Labute approximate surface area is 88.8 Å². The van der Waals surface area contributed by atoms with Crippen molar-refractivity contribution in [3.8, 4) is 11.1 Å². The van der Waals surface area contributed by atoms with Gasteiger partial charge >= 0.3 is 5.97 Å². The molecule has 0 atom stereocenters. The quantitative estimate of drug-likeness (QED) is 0.696. The predicted molar refractivity (Wildman–Crippen MR) is 58.8 cm³/mol. The van der Waals surface area contributed by atoms with E-state index in [4.69, 9.17) is 0 Å². The van der Waals surface area contributed by atoms with Gasteiger partial charge in [0.15, 0.2) is 0 Å². The van der Waals surface area contributed by atoms with Crippen LogP contribution in [-0.2, 0) is 16.0 Å². The van der Waals surface area contributed by atoms with Gasteiger partial charge in [-0.15, -0.1) is 0 Å². The molecule has 2 nitrogen and oxygen atoms in total. The molecule has 0 fully saturated rings. The monoisotopic (exact) mass is 200 g/mol. The molecule has 2 rings (SSSR count). The van der Waals surface area contributed by atoms with E-state index in [1.54, 1.807) is 0 Å². The van der Waals surface area contributed by atoms with Gasteiger partial charge in [0.25, 0.3) is 0 Å². The molecule has 0 radical (unpaired) electrons. The zero-order valence-corrected chi connectivity index (χ0v) is 8.57. The highest BCUT2D eigenvalue weighted by Gasteiger charge is 2.08. The third-order valence-electron chi connectivity index (χ3n) is 2.37. The lowest BCUT2D eigenvalue weighted by Crippen LogP contribution is -2.02. The summed E-state index contributed by atoms with van der Waals surface area (Å²) < 4.78 is 4.63. The second kappa shape index (κ2) is 4.13. The van der Waals surface area contributed by atoms with Gasteiger partial charge in [0, 0.05) is 0 Å². The average molecular weight is 200 g/mol. The van der Waals surface area contributed by atoms with E-state index in [9.17, 15) is 4.79 Å². The molecule has 15 heavy (non-hydrogen) atoms. The third-order valence-corrected chi connectivity index (χ3v) is 2.37. The molecule has 0 aromatic heterocycles. The number of rotatable bonds is 2. The van der Waals surface area contributed by atoms with Crippen molar-refractivity contribution in [2.75, 3.05) is 7.11 Å². The van der Waals surface area contributed by atoms with Gasteiger partial charge in [-0.2, -0.15) is 0 Å². The molecule has 0 unspecified atom stereocenters. The molecule has 0 saturated carbocycles. The average Bonchev–Trinajstić information content (AvgIpc) is 2.48. The van der Waals surface area contributed by atoms with Crippen molar-refractivity contribution < 1.29 is 9.53 Å². The Balaban J connectivity index is 2.32. The van der Waals surface area contributed by atoms with E-state index in [1.165, 1.54) is 7.11 Å². The van der Waals surface area contributed by atoms with Crippen LogP contribution >= 0.6 is 0 Å². The summed E-state index contributed by atoms with van der Waals surface area (Å²) in [4.78, 5) is 11.1. The van der Waals surface area contributed by atoms with Crippen LogP contribution in [0.25, 0.3) is 11.1 Å². The highest BCUT2D eigenvalue weighted by atomic mass is 16.5. The van der Waals surface area contributed by atoms with Gasteiger partial charge in [-0.3, -0.25) is 4.79 Å². The summed E-state index contributed by atoms with van der Waals surface area (Å²) >= 11 is 0. The van der Waals surface area contributed by atoms with Crippen LogP contribution in [-0.4, -0.2) is 13.1 Å². The Morgan fingerprint density at radius 2 is 1.73 bits per heavy atom. The molecule has 2 heteroatoms. The Hall–Kier alpha value is -1.83. The van der Waals surface area contributed by atoms with Gasteiger partial charge in [0.05, 0.1) is 13.5 Å². The maximum absolute atomic E-state index is 11.1. The minimum Gasteiger partial charge on any atom is -0.469 e. The summed E-state index contributed by atoms with van der Waals surface area (Å²) in [5.41, 5.74) is 3.31. The molecule has 0 aliphatic heterocycles. The lowest BCUT2D eigenvalue weighted by atomic mass is 10.2. The first-order valence-corrected chi connectivity index (χ1v) is 4.84. The summed E-state index contributed by atoms with van der Waals surface area (Å²) in [5.74, 6) is -0.199. The van der Waals surface area contributed by atoms with Crippen LogP contribution in [0.2, 0.25) is 0 Å². The lowest BCUT2D eigenvalue weighted by Gasteiger charge is -1.94. The van der Waals surface area contributed by atoms with Gasteiger partial charge in [-0.25, -0.2) is 0 Å². The molecule has 0 N–H and O–H groups in total. The largest absolute Gasteiger partial charge is 0.469 e. The second-order valence-corrected chi connectivity index (χ2v) is 3.44. The zero-order valence-electron chi connectivity index (χ0n) is 8.57. The first-order chi connectivity index (χ1) is 7.29. The second-order valence-electron chi connectivity index (χ2n) is 3.44. The number of carbonyl (C=O) groups excluding carboxylic acids is 1. The molecule has 0 spiro atoms. The van der Waals surface area contributed by atoms with Gasteiger partial charge in [0.2, 0.25) is 0 Å². The lowest BCUT2D eigenvalue weighted by molar-refractivity contribution is -0.139. The van der Waals surface area contributed by atoms with Crippen molar-refractivity contribution in [1.29, 1.82) is 0 Å². The minimum atomic E-state index is -0.199. The molecule has 0 bridgehead atoms. The normalized spacial score (nSPS) is 10.2. The number of hydrogen-bond donors (Lipinski definition) is 0. The highest BCUT2D eigenvalue weighted by molar-refractivity contribution is 5.76. The Morgan fingerprint density at radius 3 is 2.27 bits per heavy atom. The van der Waals surface area contributed by atoms with Crippen LogP contribution in [0.1, 0.15) is 5.56 Å². The van der Waals surface area contributed by atoms with Crippen molar-refractivity contribution in [2.45, 2.75) is 6.42 Å². The fraction of sp³-hybridized carbons (Fsp3) is 0.154. The number of esters is 1. The Morgan fingerprint density at radius 1 is 1.13 bits per heavy atom. The molecule has 76 valence electrons. The zero-order chi connectivity index (χ0) is 10.7. The summed E-state index contributed by atoms with van der Waals surface area (Å²) in [7, 11) is 1.41. The third kappa shape index (κ3) is 2.15. The summed E-state index contributed by atoms with van der Waals surface area (Å²) in [6.45, 7) is 0. The highest BCUT2D eigenvalue weighted by Crippen LogP contribution is 2.24. The molecule has 0 aromatic carbocycles. The van der Waals surface area contributed by atoms with Gasteiger partial charge < -0.3 is 4.74 Å². The van der Waals surface area contributed by atoms with Crippen LogP contribution in [0, 0.1) is 0 Å². The number of fused-ring (bicyclic) bond motifs is 1. The number of hydrogen-bond acceptors (Lipinski definition) is 2. The molecular weight excluding hydrogens is 188 g/mol. The van der Waals surface area contributed by atoms with Crippen molar-refractivity contribution in [1.82, 2.24) is 0 Å². The van der Waals surface area contributed by atoms with Crippen molar-refractivity contribution in [3.05, 3.63) is 48.0 Å². The van der Waals surface area contributed by atoms with Crippen molar-refractivity contribution in [2.24, 2.45) is 0 Å². The molecule has 2 aliphatic carbocycles. The van der Waals surface area contributed by atoms with Crippen LogP contribution < -0.4 is 0 Å². The predicted octanol–water partition coefficient (Wildman–Crippen LogP) is 2.51. The Bertz CT molecular complexity index is 418. The van der Waals surface area contributed by atoms with E-state index in [-0.39, 0.29) is 5.97 Å². The van der Waals surface area contributed by atoms with E-state index in [0.29, 0.717) is 6.42 Å². The van der Waals surface area contributed by atoms with E-state index in [0.717, 1.165) is 16.7 Å². The number of carbonyl (C=O) groups is 1. The molecular formula is C13H12O2. The van der Waals surface area contributed by atoms with Crippen molar-refractivity contribution in [3.63, 3.8) is 0 Å². The fourth-order valence-corrected chi connectivity index (χ4v) is 1.62. The summed E-state index contributed by atoms with van der Waals surface area (Å²) in [6, 6.07) is 14.1. The van der Waals surface area contributed by atoms with Crippen LogP contribution in [0.15, 0.2) is 42.5 Å². The first kappa shape index (κ1) is 9.71. The smallest absolute Gasteiger partial charge is 0.309 e. The standard InChI is InChI=1S/C13H12O2/c1-15-13(14)9-10-7-11-5-3-2-4-6-12(11)8-10/h2-8H,9H2,1H3. The van der Waals surface area contributed by atoms with Crippen molar-refractivity contribution >= 4 is 5.97 Å². The van der Waals surface area contributed by atoms with Crippen LogP contribution in [0.5, 0.6) is 0 Å². The van der Waals surface area contributed by atoms with Gasteiger partial charge in [-0.05, 0) is 16.7 Å². The maximum Gasteiger partial charge on any atom is 0.309 e. The molecule has 0 heterocycles. The van der Waals surface area contributed by atoms with Crippen LogP contribution in [0.4, 0.5) is 0 Å². The van der Waals surface area contributed by atoms with E-state index in [1.807, 2.05) is 42.5 Å². The van der Waals surface area contributed by atoms with E-state index < -0.39 is 0 Å². The topological polar surface area (TPSA) is 26.3 Å². The molecule has 0 aromatic rings. The van der Waals surface area contributed by atoms with E-state index in [2.05, 4.69) is 4.74 Å². The summed E-state index contributed by atoms with van der Waals surface area (Å²) in [6.07, 6.45) is 0.342. The molecule has 0 saturated heterocycles. The van der Waals surface area contributed by atoms with E-state index >= 15 is 0 Å². The molecule has 0 amide bonds. The maximum atomic E-state index is 11.1. The Kier molecular flexibility index (Phi) is 2.68. The van der Waals surface area contributed by atoms with Crippen LogP contribution in [0.3, 0.4) is 0 Å². The fourth-order valence-electron chi connectivity index (χ4n) is 1.62. The summed E-state index contributed by atoms with van der Waals surface area (Å²) in [5, 5.41) is 0. The first-order valence-electron chi connectivity index (χ1n) is 4.84. The van der Waals surface area contributed by atoms with Gasteiger partial charge in [-0.1, -0.05) is 42.5 Å². The SMILES string of the molecule is COC(=O)Cc1cc2cccccc-2c1. The molecule has 2 aliphatic rings.